The zero-order valence-corrected chi connectivity index (χ0v) is 12.0. The third kappa shape index (κ3) is 5.87. The van der Waals surface area contributed by atoms with Crippen LogP contribution in [0.2, 0.25) is 0 Å². The van der Waals surface area contributed by atoms with E-state index < -0.39 is 0 Å². The van der Waals surface area contributed by atoms with E-state index in [0.29, 0.717) is 6.04 Å². The van der Waals surface area contributed by atoms with E-state index in [4.69, 9.17) is 4.74 Å². The largest absolute Gasteiger partial charge is 0.381 e. The van der Waals surface area contributed by atoms with E-state index in [9.17, 15) is 0 Å². The van der Waals surface area contributed by atoms with Crippen molar-refractivity contribution in [2.75, 3.05) is 20.3 Å². The number of nitrogens with one attached hydrogen (secondary N) is 1. The van der Waals surface area contributed by atoms with E-state index in [1.807, 2.05) is 0 Å². The fraction of sp³-hybridized carbons (Fsp3) is 1.00. The molecule has 17 heavy (non-hydrogen) atoms. The first kappa shape index (κ1) is 15.0. The van der Waals surface area contributed by atoms with Gasteiger partial charge in [-0.1, -0.05) is 39.5 Å². The van der Waals surface area contributed by atoms with E-state index in [1.165, 1.54) is 44.9 Å². The summed E-state index contributed by atoms with van der Waals surface area (Å²) in [5, 5.41) is 3.51. The summed E-state index contributed by atoms with van der Waals surface area (Å²) in [6.07, 6.45) is 9.39. The van der Waals surface area contributed by atoms with E-state index in [2.05, 4.69) is 26.2 Å². The molecule has 0 radical (unpaired) electrons. The number of hydrogen-bond acceptors (Lipinski definition) is 2. The molecule has 1 heterocycles. The second-order valence-corrected chi connectivity index (χ2v) is 5.60. The minimum atomic E-state index is 0.698. The monoisotopic (exact) mass is 241 g/mol. The van der Waals surface area contributed by atoms with Crippen LogP contribution in [0.15, 0.2) is 0 Å². The van der Waals surface area contributed by atoms with E-state index in [0.717, 1.165) is 25.0 Å². The molecule has 1 rings (SSSR count). The lowest BCUT2D eigenvalue weighted by molar-refractivity contribution is 0.180. The molecule has 2 nitrogen and oxygen atoms in total. The molecule has 0 aliphatic carbocycles. The molecule has 3 atom stereocenters. The second kappa shape index (κ2) is 8.93. The lowest BCUT2D eigenvalue weighted by Crippen LogP contribution is -2.30. The number of ether oxygens (including phenoxy) is 1. The zero-order chi connectivity index (χ0) is 12.5. The second-order valence-electron chi connectivity index (χ2n) is 5.60. The predicted octanol–water partition coefficient (Wildman–Crippen LogP) is 3.61. The lowest BCUT2D eigenvalue weighted by Gasteiger charge is -2.24. The summed E-state index contributed by atoms with van der Waals surface area (Å²) in [4.78, 5) is 0. The Kier molecular flexibility index (Phi) is 7.87. The maximum Gasteiger partial charge on any atom is 0.0495 e. The number of unbranched alkanes of at least 4 members (excludes halogenated alkanes) is 1. The van der Waals surface area contributed by atoms with Crippen LogP contribution in [0, 0.1) is 11.8 Å². The fourth-order valence-corrected chi connectivity index (χ4v) is 2.89. The van der Waals surface area contributed by atoms with Crippen LogP contribution in [-0.2, 0) is 4.74 Å². The van der Waals surface area contributed by atoms with Crippen LogP contribution in [0.1, 0.15) is 58.8 Å². The first-order chi connectivity index (χ1) is 8.30. The van der Waals surface area contributed by atoms with Gasteiger partial charge in [-0.05, 0) is 38.1 Å². The summed E-state index contributed by atoms with van der Waals surface area (Å²) < 4.78 is 5.47. The summed E-state index contributed by atoms with van der Waals surface area (Å²) in [5.41, 5.74) is 0. The van der Waals surface area contributed by atoms with Gasteiger partial charge in [-0.25, -0.2) is 0 Å². The number of hydrogen-bond donors (Lipinski definition) is 1. The van der Waals surface area contributed by atoms with Crippen LogP contribution in [0.3, 0.4) is 0 Å². The minimum Gasteiger partial charge on any atom is -0.381 e. The number of rotatable bonds is 9. The fourth-order valence-electron chi connectivity index (χ4n) is 2.89. The van der Waals surface area contributed by atoms with Gasteiger partial charge in [0.25, 0.3) is 0 Å². The highest BCUT2D eigenvalue weighted by molar-refractivity contribution is 4.76. The molecule has 1 fully saturated rings. The van der Waals surface area contributed by atoms with Crippen molar-refractivity contribution in [3.63, 3.8) is 0 Å². The van der Waals surface area contributed by atoms with E-state index >= 15 is 0 Å². The van der Waals surface area contributed by atoms with Crippen molar-refractivity contribution in [1.82, 2.24) is 5.32 Å². The summed E-state index contributed by atoms with van der Waals surface area (Å²) in [5.74, 6) is 1.71. The highest BCUT2D eigenvalue weighted by Crippen LogP contribution is 2.24. The molecule has 1 saturated heterocycles. The quantitative estimate of drug-likeness (QED) is 0.666. The zero-order valence-electron chi connectivity index (χ0n) is 12.0. The first-order valence-corrected chi connectivity index (χ1v) is 7.55. The van der Waals surface area contributed by atoms with Crippen molar-refractivity contribution >= 4 is 0 Å². The van der Waals surface area contributed by atoms with Crippen LogP contribution in [-0.4, -0.2) is 26.3 Å². The molecule has 102 valence electrons. The van der Waals surface area contributed by atoms with Gasteiger partial charge in [0.1, 0.15) is 0 Å². The standard InChI is InChI=1S/C15H31NO/c1-4-6-7-13(5-2)10-15(16-3)11-14-8-9-17-12-14/h13-16H,4-12H2,1-3H3. The Morgan fingerprint density at radius 3 is 2.71 bits per heavy atom. The Bertz CT molecular complexity index is 178. The predicted molar refractivity (Wildman–Crippen MR) is 74.3 cm³/mol. The molecule has 0 amide bonds. The van der Waals surface area contributed by atoms with Crippen molar-refractivity contribution in [1.29, 1.82) is 0 Å². The van der Waals surface area contributed by atoms with E-state index in [-0.39, 0.29) is 0 Å². The highest BCUT2D eigenvalue weighted by atomic mass is 16.5. The van der Waals surface area contributed by atoms with Gasteiger partial charge in [-0.15, -0.1) is 0 Å². The van der Waals surface area contributed by atoms with Gasteiger partial charge in [0.2, 0.25) is 0 Å². The summed E-state index contributed by atoms with van der Waals surface area (Å²) in [7, 11) is 2.12. The Labute approximate surface area is 108 Å². The minimum absolute atomic E-state index is 0.698. The van der Waals surface area contributed by atoms with E-state index in [1.54, 1.807) is 0 Å². The SMILES string of the molecule is CCCCC(CC)CC(CC1CCOC1)NC. The van der Waals surface area contributed by atoms with Crippen LogP contribution in [0.4, 0.5) is 0 Å². The topological polar surface area (TPSA) is 21.3 Å². The van der Waals surface area contributed by atoms with Crippen molar-refractivity contribution in [2.24, 2.45) is 11.8 Å². The summed E-state index contributed by atoms with van der Waals surface area (Å²) in [6.45, 7) is 6.60. The van der Waals surface area contributed by atoms with Gasteiger partial charge < -0.3 is 10.1 Å². The van der Waals surface area contributed by atoms with Gasteiger partial charge in [0.05, 0.1) is 0 Å². The average molecular weight is 241 g/mol. The van der Waals surface area contributed by atoms with Crippen molar-refractivity contribution in [3.05, 3.63) is 0 Å². The molecule has 3 unspecified atom stereocenters. The maximum atomic E-state index is 5.47. The van der Waals surface area contributed by atoms with Crippen LogP contribution in [0.5, 0.6) is 0 Å². The van der Waals surface area contributed by atoms with Gasteiger partial charge in [-0.3, -0.25) is 0 Å². The summed E-state index contributed by atoms with van der Waals surface area (Å²) in [6, 6.07) is 0.698. The van der Waals surface area contributed by atoms with Crippen molar-refractivity contribution in [2.45, 2.75) is 64.8 Å². The third-order valence-corrected chi connectivity index (χ3v) is 4.21. The van der Waals surface area contributed by atoms with Gasteiger partial charge in [-0.2, -0.15) is 0 Å². The van der Waals surface area contributed by atoms with Crippen LogP contribution < -0.4 is 5.32 Å². The molecule has 2 heteroatoms. The summed E-state index contributed by atoms with van der Waals surface area (Å²) >= 11 is 0. The van der Waals surface area contributed by atoms with Crippen molar-refractivity contribution in [3.8, 4) is 0 Å². The Morgan fingerprint density at radius 1 is 1.35 bits per heavy atom. The van der Waals surface area contributed by atoms with Gasteiger partial charge >= 0.3 is 0 Å². The molecule has 0 aromatic rings. The molecule has 0 aromatic carbocycles. The third-order valence-electron chi connectivity index (χ3n) is 4.21. The average Bonchev–Trinajstić information content (AvgIpc) is 2.85. The highest BCUT2D eigenvalue weighted by Gasteiger charge is 2.21. The molecular weight excluding hydrogens is 210 g/mol. The first-order valence-electron chi connectivity index (χ1n) is 7.55. The van der Waals surface area contributed by atoms with Crippen LogP contribution in [0.25, 0.3) is 0 Å². The molecule has 1 aliphatic heterocycles. The molecule has 0 spiro atoms. The molecule has 0 saturated carbocycles. The Balaban J connectivity index is 2.27. The smallest absolute Gasteiger partial charge is 0.0495 e. The van der Waals surface area contributed by atoms with Gasteiger partial charge in [0, 0.05) is 19.3 Å². The molecule has 1 aliphatic rings. The maximum absolute atomic E-state index is 5.47. The molecule has 0 bridgehead atoms. The molecule has 1 N–H and O–H groups in total. The Hall–Kier alpha value is -0.0800. The van der Waals surface area contributed by atoms with Crippen LogP contribution >= 0.6 is 0 Å². The molecule has 0 aromatic heterocycles. The van der Waals surface area contributed by atoms with Gasteiger partial charge in [0.15, 0.2) is 0 Å². The Morgan fingerprint density at radius 2 is 2.18 bits per heavy atom. The lowest BCUT2D eigenvalue weighted by atomic mass is 9.88. The molecular formula is C15H31NO. The van der Waals surface area contributed by atoms with Crippen molar-refractivity contribution < 1.29 is 4.74 Å². The normalized spacial score (nSPS) is 23.8.